The number of nitrogens with one attached hydrogen (secondary N) is 4. The Kier molecular flexibility index (Phi) is 20.2. The zero-order chi connectivity index (χ0) is 29.5. The van der Waals surface area contributed by atoms with Gasteiger partial charge in [-0.1, -0.05) is 0 Å². The molecule has 14 heteroatoms. The molecule has 14 nitrogen and oxygen atoms in total. The highest BCUT2D eigenvalue weighted by atomic mass is 16.6. The first-order valence-electron chi connectivity index (χ1n) is 13.0. The molecule has 0 aromatic rings. The molecule has 4 amide bonds. The molecule has 0 unspecified atom stereocenters. The first kappa shape index (κ1) is 36.0. The number of amides is 4. The van der Waals surface area contributed by atoms with Crippen LogP contribution in [0.25, 0.3) is 0 Å². The van der Waals surface area contributed by atoms with E-state index in [9.17, 15) is 24.0 Å². The molecule has 0 aromatic heterocycles. The number of ether oxygens (including phenoxy) is 5. The zero-order valence-corrected chi connectivity index (χ0v) is 23.9. The van der Waals surface area contributed by atoms with Crippen LogP contribution in [0, 0.1) is 0 Å². The Hall–Kier alpha value is -2.97. The number of carbonyl (C=O) groups excluding carboxylic acids is 5. The zero-order valence-electron chi connectivity index (χ0n) is 23.9. The summed E-state index contributed by atoms with van der Waals surface area (Å²) >= 11 is 0. The molecule has 0 spiro atoms. The molecule has 0 aliphatic heterocycles. The first-order chi connectivity index (χ1) is 18.4. The number of hydrogen-bond acceptors (Lipinski definition) is 10. The van der Waals surface area contributed by atoms with Gasteiger partial charge in [-0.05, 0) is 40.0 Å². The van der Waals surface area contributed by atoms with E-state index in [-0.39, 0.29) is 31.2 Å². The summed E-state index contributed by atoms with van der Waals surface area (Å²) in [7, 11) is 1.19. The molecule has 0 rings (SSSR count). The second-order valence-corrected chi connectivity index (χ2v) is 9.41. The van der Waals surface area contributed by atoms with Gasteiger partial charge >= 0.3 is 12.1 Å². The fraction of sp³-hybridized carbons (Fsp3) is 0.800. The van der Waals surface area contributed by atoms with E-state index >= 15 is 0 Å². The predicted octanol–water partition coefficient (Wildman–Crippen LogP) is 0.0314. The van der Waals surface area contributed by atoms with E-state index in [2.05, 4.69) is 26.0 Å². The van der Waals surface area contributed by atoms with Crippen LogP contribution in [-0.4, -0.2) is 108 Å². The minimum Gasteiger partial charge on any atom is -0.468 e. The van der Waals surface area contributed by atoms with Crippen LogP contribution in [0.3, 0.4) is 0 Å². The van der Waals surface area contributed by atoms with Crippen LogP contribution >= 0.6 is 0 Å². The first-order valence-corrected chi connectivity index (χ1v) is 13.0. The number of methoxy groups -OCH3 is 1. The molecular formula is C25H46N4O10. The lowest BCUT2D eigenvalue weighted by Gasteiger charge is -2.23. The van der Waals surface area contributed by atoms with Crippen LogP contribution in [-0.2, 0) is 42.9 Å². The van der Waals surface area contributed by atoms with Gasteiger partial charge in [-0.2, -0.15) is 0 Å². The van der Waals surface area contributed by atoms with Crippen LogP contribution < -0.4 is 21.3 Å². The Morgan fingerprint density at radius 3 is 1.82 bits per heavy atom. The van der Waals surface area contributed by atoms with E-state index in [0.717, 1.165) is 6.42 Å². The van der Waals surface area contributed by atoms with Gasteiger partial charge in [0.1, 0.15) is 18.2 Å². The molecule has 0 bridgehead atoms. The summed E-state index contributed by atoms with van der Waals surface area (Å²) in [5.74, 6) is -1.64. The van der Waals surface area contributed by atoms with Gasteiger partial charge in [0.2, 0.25) is 17.7 Å². The summed E-state index contributed by atoms with van der Waals surface area (Å²) in [4.78, 5) is 58.7. The lowest BCUT2D eigenvalue weighted by molar-refractivity contribution is -0.141. The van der Waals surface area contributed by atoms with Gasteiger partial charge in [-0.25, -0.2) is 4.79 Å². The Labute approximate surface area is 230 Å². The lowest BCUT2D eigenvalue weighted by Crippen LogP contribution is -2.49. The van der Waals surface area contributed by atoms with E-state index in [1.54, 1.807) is 20.8 Å². The van der Waals surface area contributed by atoms with Crippen LogP contribution in [0.1, 0.15) is 53.4 Å². The molecule has 0 aliphatic carbocycles. The number of hydrogen-bond donors (Lipinski definition) is 4. The van der Waals surface area contributed by atoms with Crippen molar-refractivity contribution in [2.45, 2.75) is 65.0 Å². The third-order valence-corrected chi connectivity index (χ3v) is 4.67. The molecule has 0 saturated carbocycles. The van der Waals surface area contributed by atoms with Crippen molar-refractivity contribution in [2.75, 3.05) is 66.4 Å². The van der Waals surface area contributed by atoms with Crippen molar-refractivity contribution in [1.82, 2.24) is 21.3 Å². The summed E-state index contributed by atoms with van der Waals surface area (Å²) in [5.41, 5.74) is -0.771. The van der Waals surface area contributed by atoms with Gasteiger partial charge in [0.05, 0.1) is 33.5 Å². The number of esters is 1. The lowest BCUT2D eigenvalue weighted by atomic mass is 10.1. The normalized spacial score (nSPS) is 11.7. The highest BCUT2D eigenvalue weighted by Crippen LogP contribution is 2.08. The Bertz CT molecular complexity index is 743. The fourth-order valence-corrected chi connectivity index (χ4v) is 2.82. The molecule has 4 N–H and O–H groups in total. The van der Waals surface area contributed by atoms with E-state index in [0.29, 0.717) is 59.2 Å². The van der Waals surface area contributed by atoms with Gasteiger partial charge in [0.15, 0.2) is 0 Å². The highest BCUT2D eigenvalue weighted by molar-refractivity contribution is 5.89. The second kappa shape index (κ2) is 21.9. The largest absolute Gasteiger partial charge is 0.468 e. The Morgan fingerprint density at radius 1 is 0.769 bits per heavy atom. The molecular weight excluding hydrogens is 516 g/mol. The van der Waals surface area contributed by atoms with Crippen molar-refractivity contribution < 1.29 is 47.7 Å². The van der Waals surface area contributed by atoms with Gasteiger partial charge in [0.25, 0.3) is 0 Å². The second-order valence-electron chi connectivity index (χ2n) is 9.41. The standard InChI is InChI=1S/C25H46N4O10/c1-19(30)26-10-6-12-36-14-16-38-17-15-37-13-7-11-27-21(31)9-8-20(23(33)28-18-22(32)35-5)29-24(34)39-25(2,3)4/h20H,6-18H2,1-5H3,(H,26,30)(H,27,31)(H,28,33)(H,29,34)/t20-/m0/s1. The smallest absolute Gasteiger partial charge is 0.408 e. The van der Waals surface area contributed by atoms with E-state index < -0.39 is 29.6 Å². The Morgan fingerprint density at radius 2 is 1.31 bits per heavy atom. The number of alkyl carbamates (subject to hydrolysis) is 1. The maximum atomic E-state index is 12.4. The topological polar surface area (TPSA) is 180 Å². The molecule has 226 valence electrons. The molecule has 39 heavy (non-hydrogen) atoms. The van der Waals surface area contributed by atoms with Gasteiger partial charge in [0, 0.05) is 39.6 Å². The summed E-state index contributed by atoms with van der Waals surface area (Å²) in [6.07, 6.45) is 0.493. The average Bonchev–Trinajstić information content (AvgIpc) is 2.85. The summed E-state index contributed by atoms with van der Waals surface area (Å²) in [6, 6.07) is -1.08. The third kappa shape index (κ3) is 23.8. The molecule has 0 radical (unpaired) electrons. The summed E-state index contributed by atoms with van der Waals surface area (Å²) < 4.78 is 25.9. The highest BCUT2D eigenvalue weighted by Gasteiger charge is 2.25. The van der Waals surface area contributed by atoms with Crippen LogP contribution in [0.2, 0.25) is 0 Å². The monoisotopic (exact) mass is 562 g/mol. The van der Waals surface area contributed by atoms with Crippen molar-refractivity contribution in [2.24, 2.45) is 0 Å². The molecule has 0 aromatic carbocycles. The van der Waals surface area contributed by atoms with Crippen LogP contribution in [0.15, 0.2) is 0 Å². The van der Waals surface area contributed by atoms with Gasteiger partial charge < -0.3 is 45.0 Å². The number of rotatable bonds is 21. The summed E-state index contributed by atoms with van der Waals surface area (Å²) in [5, 5.41) is 10.2. The molecule has 0 aliphatic rings. The van der Waals surface area contributed by atoms with Crippen molar-refractivity contribution in [3.8, 4) is 0 Å². The quantitative estimate of drug-likeness (QED) is 0.110. The summed E-state index contributed by atoms with van der Waals surface area (Å²) in [6.45, 7) is 9.85. The van der Waals surface area contributed by atoms with Crippen LogP contribution in [0.4, 0.5) is 4.79 Å². The molecule has 0 heterocycles. The van der Waals surface area contributed by atoms with E-state index in [1.165, 1.54) is 14.0 Å². The van der Waals surface area contributed by atoms with Crippen molar-refractivity contribution >= 4 is 29.8 Å². The molecule has 0 fully saturated rings. The number of carbonyl (C=O) groups is 5. The van der Waals surface area contributed by atoms with Crippen molar-refractivity contribution in [3.05, 3.63) is 0 Å². The SMILES string of the molecule is COC(=O)CNC(=O)[C@H](CCC(=O)NCCCOCCOCCOCCCNC(C)=O)NC(=O)OC(C)(C)C. The van der Waals surface area contributed by atoms with Crippen molar-refractivity contribution in [1.29, 1.82) is 0 Å². The fourth-order valence-electron chi connectivity index (χ4n) is 2.82. The minimum atomic E-state index is -1.08. The molecule has 1 atom stereocenters. The predicted molar refractivity (Wildman–Crippen MR) is 141 cm³/mol. The molecule has 0 saturated heterocycles. The minimum absolute atomic E-state index is 0.00490. The third-order valence-electron chi connectivity index (χ3n) is 4.67. The maximum absolute atomic E-state index is 12.4. The van der Waals surface area contributed by atoms with Crippen molar-refractivity contribution in [3.63, 3.8) is 0 Å². The van der Waals surface area contributed by atoms with Gasteiger partial charge in [-0.3, -0.25) is 19.2 Å². The average molecular weight is 563 g/mol. The van der Waals surface area contributed by atoms with E-state index in [4.69, 9.17) is 18.9 Å². The van der Waals surface area contributed by atoms with Gasteiger partial charge in [-0.15, -0.1) is 0 Å². The Balaban J connectivity index is 4.03. The maximum Gasteiger partial charge on any atom is 0.408 e. The van der Waals surface area contributed by atoms with E-state index in [1.807, 2.05) is 0 Å². The van der Waals surface area contributed by atoms with Crippen LogP contribution in [0.5, 0.6) is 0 Å².